The van der Waals surface area contributed by atoms with Crippen LogP contribution in [0.25, 0.3) is 0 Å². The van der Waals surface area contributed by atoms with Crippen LogP contribution in [0.3, 0.4) is 0 Å². The van der Waals surface area contributed by atoms with Crippen molar-refractivity contribution < 1.29 is 36.7 Å². The van der Waals surface area contributed by atoms with E-state index < -0.39 is 45.8 Å². The molecule has 8 nitrogen and oxygen atoms in total. The molecule has 4 atom stereocenters. The number of hydrogen-bond acceptors (Lipinski definition) is 8. The van der Waals surface area contributed by atoms with E-state index in [4.69, 9.17) is 18.4 Å². The highest BCUT2D eigenvalue weighted by atomic mass is 32.2. The molecule has 9 heteroatoms. The van der Waals surface area contributed by atoms with Crippen molar-refractivity contribution in [3.8, 4) is 0 Å². The summed E-state index contributed by atoms with van der Waals surface area (Å²) in [7, 11) is -4.33. The molecule has 1 aromatic carbocycles. The van der Waals surface area contributed by atoms with Gasteiger partial charge in [-0.3, -0.25) is 4.18 Å². The Kier molecular flexibility index (Phi) is 9.41. The fourth-order valence-corrected chi connectivity index (χ4v) is 7.29. The molecule has 2 aliphatic rings. The van der Waals surface area contributed by atoms with Crippen LogP contribution in [0.15, 0.2) is 17.0 Å². The molecular formula is C29H46O8S. The molecule has 2 fully saturated rings. The van der Waals surface area contributed by atoms with Gasteiger partial charge in [0.2, 0.25) is 0 Å². The van der Waals surface area contributed by atoms with Gasteiger partial charge in [0.15, 0.2) is 11.4 Å². The van der Waals surface area contributed by atoms with Crippen molar-refractivity contribution in [2.45, 2.75) is 140 Å². The SMILES string of the molecule is CCOC(=O)[C@]1(O)C[C@H]2OC(CC)(CC)O[C@H]2[C@H](OS(=O)(=O)c2c(C(C)C)cc(C(C)C)cc2C(C)C)C1. The van der Waals surface area contributed by atoms with E-state index in [1.54, 1.807) is 6.92 Å². The molecule has 0 bridgehead atoms. The Balaban J connectivity index is 2.11. The molecule has 1 N–H and O–H groups in total. The molecule has 0 amide bonds. The highest BCUT2D eigenvalue weighted by molar-refractivity contribution is 7.86. The van der Waals surface area contributed by atoms with Gasteiger partial charge in [-0.25, -0.2) is 4.79 Å². The highest BCUT2D eigenvalue weighted by Crippen LogP contribution is 2.46. The van der Waals surface area contributed by atoms with Gasteiger partial charge in [-0.1, -0.05) is 67.5 Å². The zero-order valence-electron chi connectivity index (χ0n) is 24.4. The second-order valence-electron chi connectivity index (χ2n) is 11.6. The van der Waals surface area contributed by atoms with Crippen LogP contribution in [0.2, 0.25) is 0 Å². The van der Waals surface area contributed by atoms with Gasteiger partial charge in [0.1, 0.15) is 17.1 Å². The average Bonchev–Trinajstić information content (AvgIpc) is 3.22. The first-order valence-electron chi connectivity index (χ1n) is 14.0. The van der Waals surface area contributed by atoms with Gasteiger partial charge < -0.3 is 19.3 Å². The van der Waals surface area contributed by atoms with Crippen molar-refractivity contribution in [1.29, 1.82) is 0 Å². The van der Waals surface area contributed by atoms with E-state index in [0.29, 0.717) is 24.0 Å². The molecule has 216 valence electrons. The predicted octanol–water partition coefficient (Wildman–Crippen LogP) is 5.52. The number of hydrogen-bond donors (Lipinski definition) is 1. The lowest BCUT2D eigenvalue weighted by Crippen LogP contribution is -2.56. The number of esters is 1. The maximum absolute atomic E-state index is 14.1. The van der Waals surface area contributed by atoms with Crippen LogP contribution >= 0.6 is 0 Å². The Morgan fingerprint density at radius 2 is 1.53 bits per heavy atom. The third kappa shape index (κ3) is 5.97. The summed E-state index contributed by atoms with van der Waals surface area (Å²) in [5.74, 6) is -1.68. The lowest BCUT2D eigenvalue weighted by Gasteiger charge is -2.39. The zero-order chi connectivity index (χ0) is 28.6. The third-order valence-corrected chi connectivity index (χ3v) is 9.31. The summed E-state index contributed by atoms with van der Waals surface area (Å²) in [5, 5.41) is 11.4. The third-order valence-electron chi connectivity index (χ3n) is 7.84. The molecule has 1 aromatic rings. The van der Waals surface area contributed by atoms with Crippen molar-refractivity contribution in [1.82, 2.24) is 0 Å². The number of aliphatic hydroxyl groups is 1. The van der Waals surface area contributed by atoms with Gasteiger partial charge in [-0.15, -0.1) is 0 Å². The first kappa shape index (κ1) is 31.0. The summed E-state index contributed by atoms with van der Waals surface area (Å²) >= 11 is 0. The molecular weight excluding hydrogens is 508 g/mol. The molecule has 0 aromatic heterocycles. The van der Waals surface area contributed by atoms with E-state index >= 15 is 0 Å². The topological polar surface area (TPSA) is 108 Å². The summed E-state index contributed by atoms with van der Waals surface area (Å²) in [6.45, 7) is 17.6. The second-order valence-corrected chi connectivity index (χ2v) is 13.1. The van der Waals surface area contributed by atoms with Crippen molar-refractivity contribution in [2.24, 2.45) is 0 Å². The normalized spacial score (nSPS) is 27.2. The Hall–Kier alpha value is -1.52. The fraction of sp³-hybridized carbons (Fsp3) is 0.759. The van der Waals surface area contributed by atoms with Crippen LogP contribution in [0, 0.1) is 0 Å². The maximum Gasteiger partial charge on any atom is 0.338 e. The van der Waals surface area contributed by atoms with E-state index in [2.05, 4.69) is 13.8 Å². The molecule has 0 unspecified atom stereocenters. The number of rotatable bonds is 10. The molecule has 0 spiro atoms. The largest absolute Gasteiger partial charge is 0.464 e. The summed E-state index contributed by atoms with van der Waals surface area (Å²) in [6, 6.07) is 3.90. The zero-order valence-corrected chi connectivity index (χ0v) is 25.2. The van der Waals surface area contributed by atoms with E-state index in [1.807, 2.05) is 53.7 Å². The monoisotopic (exact) mass is 554 g/mol. The Morgan fingerprint density at radius 1 is 0.974 bits per heavy atom. The number of benzene rings is 1. The molecule has 1 saturated heterocycles. The molecule has 1 aliphatic carbocycles. The molecule has 1 heterocycles. The van der Waals surface area contributed by atoms with Gasteiger partial charge in [0.25, 0.3) is 10.1 Å². The summed E-state index contributed by atoms with van der Waals surface area (Å²) in [5.41, 5.74) is 0.483. The lowest BCUT2D eigenvalue weighted by molar-refractivity contribution is -0.183. The lowest BCUT2D eigenvalue weighted by atomic mass is 9.80. The van der Waals surface area contributed by atoms with E-state index in [9.17, 15) is 18.3 Å². The maximum atomic E-state index is 14.1. The minimum absolute atomic E-state index is 0.0598. The Morgan fingerprint density at radius 3 is 1.97 bits per heavy atom. The summed E-state index contributed by atoms with van der Waals surface area (Å²) in [6.07, 6.45) is -1.92. The van der Waals surface area contributed by atoms with Crippen LogP contribution in [0.5, 0.6) is 0 Å². The molecule has 38 heavy (non-hydrogen) atoms. The van der Waals surface area contributed by atoms with Gasteiger partial charge in [0.05, 0.1) is 12.7 Å². The van der Waals surface area contributed by atoms with Crippen LogP contribution in [-0.4, -0.2) is 55.8 Å². The van der Waals surface area contributed by atoms with Crippen molar-refractivity contribution in [3.63, 3.8) is 0 Å². The minimum atomic E-state index is -4.33. The number of carbonyl (C=O) groups is 1. The Labute approximate surface area is 228 Å². The van der Waals surface area contributed by atoms with Gasteiger partial charge in [-0.05, 0) is 54.2 Å². The summed E-state index contributed by atoms with van der Waals surface area (Å²) < 4.78 is 51.9. The molecule has 1 saturated carbocycles. The standard InChI is InChI=1S/C29H46O8S/c1-10-29(11-2)35-23-15-28(31,27(30)34-12-3)16-24(25(23)36-29)37-38(32,33)26-21(18(6)7)13-20(17(4)5)14-22(26)19(8)9/h13-14,17-19,23-25,31H,10-12,15-16H2,1-9H3/t23-,24-,25-,28+/m1/s1. The van der Waals surface area contributed by atoms with Crippen LogP contribution < -0.4 is 0 Å². The first-order chi connectivity index (χ1) is 17.6. The summed E-state index contributed by atoms with van der Waals surface area (Å²) in [4.78, 5) is 13.0. The minimum Gasteiger partial charge on any atom is -0.464 e. The van der Waals surface area contributed by atoms with Crippen LogP contribution in [0.1, 0.15) is 122 Å². The van der Waals surface area contributed by atoms with E-state index in [1.165, 1.54) is 0 Å². The Bertz CT molecular complexity index is 1080. The van der Waals surface area contributed by atoms with Crippen molar-refractivity contribution >= 4 is 16.1 Å². The van der Waals surface area contributed by atoms with E-state index in [-0.39, 0.29) is 42.1 Å². The number of fused-ring (bicyclic) bond motifs is 1. The van der Waals surface area contributed by atoms with Gasteiger partial charge in [0, 0.05) is 12.8 Å². The van der Waals surface area contributed by atoms with Crippen molar-refractivity contribution in [2.75, 3.05) is 6.61 Å². The first-order valence-corrected chi connectivity index (χ1v) is 15.4. The van der Waals surface area contributed by atoms with Crippen LogP contribution in [-0.2, 0) is 33.3 Å². The molecule has 0 radical (unpaired) electrons. The van der Waals surface area contributed by atoms with Gasteiger partial charge >= 0.3 is 5.97 Å². The number of carbonyl (C=O) groups excluding carboxylic acids is 1. The fourth-order valence-electron chi connectivity index (χ4n) is 5.53. The van der Waals surface area contributed by atoms with Crippen molar-refractivity contribution in [3.05, 3.63) is 28.8 Å². The predicted molar refractivity (Wildman–Crippen MR) is 145 cm³/mol. The van der Waals surface area contributed by atoms with Crippen LogP contribution in [0.4, 0.5) is 0 Å². The highest BCUT2D eigenvalue weighted by Gasteiger charge is 2.59. The quantitative estimate of drug-likeness (QED) is 0.298. The average molecular weight is 555 g/mol. The smallest absolute Gasteiger partial charge is 0.338 e. The van der Waals surface area contributed by atoms with Gasteiger partial charge in [-0.2, -0.15) is 8.42 Å². The second kappa shape index (κ2) is 11.5. The number of ether oxygens (including phenoxy) is 3. The van der Waals surface area contributed by atoms with E-state index in [0.717, 1.165) is 5.56 Å². The molecule has 3 rings (SSSR count). The molecule has 1 aliphatic heterocycles.